The first-order valence-corrected chi connectivity index (χ1v) is 4.90. The van der Waals surface area contributed by atoms with Crippen molar-refractivity contribution < 1.29 is 9.90 Å². The Balaban J connectivity index is 2.42. The summed E-state index contributed by atoms with van der Waals surface area (Å²) in [6, 6.07) is 11.8. The molecular formula is C13H8N2O2. The molecule has 0 radical (unpaired) electrons. The zero-order chi connectivity index (χ0) is 12.3. The fraction of sp³-hybridized carbons (Fsp3) is 0. The highest BCUT2D eigenvalue weighted by atomic mass is 16.4. The third-order valence-electron chi connectivity index (χ3n) is 2.32. The van der Waals surface area contributed by atoms with Crippen LogP contribution in [-0.2, 0) is 0 Å². The fourth-order valence-electron chi connectivity index (χ4n) is 1.44. The first kappa shape index (κ1) is 10.8. The molecule has 0 aliphatic carbocycles. The predicted octanol–water partition coefficient (Wildman–Crippen LogP) is 2.32. The molecule has 1 aromatic carbocycles. The number of nitriles is 1. The lowest BCUT2D eigenvalue weighted by Gasteiger charge is -2.01. The van der Waals surface area contributed by atoms with Crippen LogP contribution < -0.4 is 0 Å². The van der Waals surface area contributed by atoms with E-state index in [-0.39, 0.29) is 5.56 Å². The summed E-state index contributed by atoms with van der Waals surface area (Å²) >= 11 is 0. The maximum atomic E-state index is 10.8. The van der Waals surface area contributed by atoms with E-state index in [9.17, 15) is 4.79 Å². The molecule has 4 heteroatoms. The number of carboxylic acid groups (broad SMARTS) is 1. The summed E-state index contributed by atoms with van der Waals surface area (Å²) in [7, 11) is 0. The van der Waals surface area contributed by atoms with Gasteiger partial charge < -0.3 is 5.11 Å². The maximum absolute atomic E-state index is 10.8. The Morgan fingerprint density at radius 1 is 1.24 bits per heavy atom. The minimum absolute atomic E-state index is 0.194. The van der Waals surface area contributed by atoms with Crippen LogP contribution >= 0.6 is 0 Å². The van der Waals surface area contributed by atoms with E-state index in [0.717, 1.165) is 5.56 Å². The third-order valence-corrected chi connectivity index (χ3v) is 2.32. The van der Waals surface area contributed by atoms with Crippen LogP contribution in [-0.4, -0.2) is 16.1 Å². The molecule has 0 unspecified atom stereocenters. The molecule has 0 bridgehead atoms. The lowest BCUT2D eigenvalue weighted by molar-refractivity contribution is 0.0697. The Morgan fingerprint density at radius 2 is 1.94 bits per heavy atom. The molecule has 1 heterocycles. The molecule has 17 heavy (non-hydrogen) atoms. The lowest BCUT2D eigenvalue weighted by atomic mass is 10.1. The molecule has 0 aliphatic heterocycles. The van der Waals surface area contributed by atoms with Crippen molar-refractivity contribution in [3.8, 4) is 17.3 Å². The SMILES string of the molecule is N#Cc1ccc(-c2cc(C(=O)O)ccn2)cc1. The van der Waals surface area contributed by atoms with Crippen molar-refractivity contribution in [2.75, 3.05) is 0 Å². The Bertz CT molecular complexity index is 598. The van der Waals surface area contributed by atoms with Crippen molar-refractivity contribution in [2.24, 2.45) is 0 Å². The summed E-state index contributed by atoms with van der Waals surface area (Å²) in [5.74, 6) is -0.984. The average Bonchev–Trinajstić information content (AvgIpc) is 2.39. The molecule has 2 rings (SSSR count). The second-order valence-corrected chi connectivity index (χ2v) is 3.42. The summed E-state index contributed by atoms with van der Waals surface area (Å²) in [6.45, 7) is 0. The van der Waals surface area contributed by atoms with E-state index in [1.807, 2.05) is 6.07 Å². The highest BCUT2D eigenvalue weighted by Gasteiger charge is 2.05. The van der Waals surface area contributed by atoms with Gasteiger partial charge in [-0.05, 0) is 24.3 Å². The second-order valence-electron chi connectivity index (χ2n) is 3.42. The van der Waals surface area contributed by atoms with Gasteiger partial charge in [-0.15, -0.1) is 0 Å². The molecule has 2 aromatic rings. The van der Waals surface area contributed by atoms with E-state index in [2.05, 4.69) is 4.98 Å². The zero-order valence-corrected chi connectivity index (χ0v) is 8.79. The highest BCUT2D eigenvalue weighted by molar-refractivity contribution is 5.88. The number of carboxylic acids is 1. The molecule has 0 saturated heterocycles. The monoisotopic (exact) mass is 224 g/mol. The maximum Gasteiger partial charge on any atom is 0.335 e. The Hall–Kier alpha value is -2.67. The van der Waals surface area contributed by atoms with Gasteiger partial charge in [0.1, 0.15) is 0 Å². The topological polar surface area (TPSA) is 74.0 Å². The number of pyridine rings is 1. The summed E-state index contributed by atoms with van der Waals surface area (Å²) in [5, 5.41) is 17.5. The van der Waals surface area contributed by atoms with Crippen LogP contribution in [0.15, 0.2) is 42.6 Å². The van der Waals surface area contributed by atoms with Crippen molar-refractivity contribution in [3.05, 3.63) is 53.7 Å². The fourth-order valence-corrected chi connectivity index (χ4v) is 1.44. The normalized spacial score (nSPS) is 9.59. The van der Waals surface area contributed by atoms with Gasteiger partial charge >= 0.3 is 5.97 Å². The van der Waals surface area contributed by atoms with Crippen LogP contribution in [0.4, 0.5) is 0 Å². The minimum Gasteiger partial charge on any atom is -0.478 e. The van der Waals surface area contributed by atoms with E-state index < -0.39 is 5.97 Å². The van der Waals surface area contributed by atoms with Crippen molar-refractivity contribution in [1.82, 2.24) is 4.98 Å². The van der Waals surface area contributed by atoms with Gasteiger partial charge in [0.15, 0.2) is 0 Å². The molecule has 4 nitrogen and oxygen atoms in total. The third kappa shape index (κ3) is 2.29. The molecule has 1 N–H and O–H groups in total. The van der Waals surface area contributed by atoms with Crippen molar-refractivity contribution >= 4 is 5.97 Å². The van der Waals surface area contributed by atoms with Crippen LogP contribution in [0, 0.1) is 11.3 Å². The summed E-state index contributed by atoms with van der Waals surface area (Å²) < 4.78 is 0. The van der Waals surface area contributed by atoms with Gasteiger partial charge in [-0.1, -0.05) is 12.1 Å². The Kier molecular flexibility index (Phi) is 2.84. The second kappa shape index (κ2) is 4.45. The number of aromatic nitrogens is 1. The molecule has 82 valence electrons. The van der Waals surface area contributed by atoms with E-state index in [0.29, 0.717) is 11.3 Å². The van der Waals surface area contributed by atoms with E-state index >= 15 is 0 Å². The molecule has 0 spiro atoms. The van der Waals surface area contributed by atoms with Crippen LogP contribution in [0.1, 0.15) is 15.9 Å². The Morgan fingerprint density at radius 3 is 2.53 bits per heavy atom. The number of nitrogens with zero attached hydrogens (tertiary/aromatic N) is 2. The van der Waals surface area contributed by atoms with Crippen LogP contribution in [0.25, 0.3) is 11.3 Å². The van der Waals surface area contributed by atoms with E-state index in [1.54, 1.807) is 24.3 Å². The van der Waals surface area contributed by atoms with Crippen molar-refractivity contribution in [3.63, 3.8) is 0 Å². The van der Waals surface area contributed by atoms with Gasteiger partial charge in [-0.3, -0.25) is 4.98 Å². The molecule has 0 fully saturated rings. The molecule has 0 atom stereocenters. The number of benzene rings is 1. The van der Waals surface area contributed by atoms with Gasteiger partial charge in [0.2, 0.25) is 0 Å². The molecular weight excluding hydrogens is 216 g/mol. The lowest BCUT2D eigenvalue weighted by Crippen LogP contribution is -1.97. The summed E-state index contributed by atoms with van der Waals surface area (Å²) in [4.78, 5) is 14.9. The van der Waals surface area contributed by atoms with Crippen molar-refractivity contribution in [1.29, 1.82) is 5.26 Å². The van der Waals surface area contributed by atoms with Crippen LogP contribution in [0.2, 0.25) is 0 Å². The van der Waals surface area contributed by atoms with Crippen LogP contribution in [0.5, 0.6) is 0 Å². The molecule has 0 saturated carbocycles. The number of hydrogen-bond donors (Lipinski definition) is 1. The first-order chi connectivity index (χ1) is 8.20. The number of carbonyl (C=O) groups is 1. The zero-order valence-electron chi connectivity index (χ0n) is 8.79. The number of rotatable bonds is 2. The molecule has 1 aromatic heterocycles. The van der Waals surface area contributed by atoms with Gasteiger partial charge in [0.25, 0.3) is 0 Å². The largest absolute Gasteiger partial charge is 0.478 e. The van der Waals surface area contributed by atoms with Gasteiger partial charge in [0.05, 0.1) is 22.9 Å². The Labute approximate surface area is 97.8 Å². The number of hydrogen-bond acceptors (Lipinski definition) is 3. The highest BCUT2D eigenvalue weighted by Crippen LogP contribution is 2.18. The van der Waals surface area contributed by atoms with Crippen molar-refractivity contribution in [2.45, 2.75) is 0 Å². The average molecular weight is 224 g/mol. The predicted molar refractivity (Wildman–Crippen MR) is 61.3 cm³/mol. The summed E-state index contributed by atoms with van der Waals surface area (Å²) in [6.07, 6.45) is 1.46. The van der Waals surface area contributed by atoms with E-state index in [4.69, 9.17) is 10.4 Å². The van der Waals surface area contributed by atoms with Gasteiger partial charge in [-0.2, -0.15) is 5.26 Å². The molecule has 0 aliphatic rings. The quantitative estimate of drug-likeness (QED) is 0.849. The first-order valence-electron chi connectivity index (χ1n) is 4.90. The molecule has 0 amide bonds. The standard InChI is InChI=1S/C13H8N2O2/c14-8-9-1-3-10(4-2-9)12-7-11(13(16)17)5-6-15-12/h1-7H,(H,16,17). The minimum atomic E-state index is -0.984. The van der Waals surface area contributed by atoms with Gasteiger partial charge in [-0.25, -0.2) is 4.79 Å². The number of aromatic carboxylic acids is 1. The summed E-state index contributed by atoms with van der Waals surface area (Å²) in [5.41, 5.74) is 2.11. The van der Waals surface area contributed by atoms with E-state index in [1.165, 1.54) is 18.3 Å². The van der Waals surface area contributed by atoms with Crippen LogP contribution in [0.3, 0.4) is 0 Å². The smallest absolute Gasteiger partial charge is 0.335 e. The van der Waals surface area contributed by atoms with Gasteiger partial charge in [0, 0.05) is 11.8 Å².